The van der Waals surface area contributed by atoms with Crippen molar-refractivity contribution in [3.05, 3.63) is 42.5 Å². The highest BCUT2D eigenvalue weighted by Crippen LogP contribution is 2.03. The molecule has 0 aliphatic carbocycles. The number of hydrogen-bond acceptors (Lipinski definition) is 5. The van der Waals surface area contributed by atoms with Crippen LogP contribution in [0.1, 0.15) is 5.82 Å². The van der Waals surface area contributed by atoms with Crippen LogP contribution in [-0.2, 0) is 11.2 Å². The van der Waals surface area contributed by atoms with Gasteiger partial charge < -0.3 is 15.2 Å². The van der Waals surface area contributed by atoms with E-state index in [0.29, 0.717) is 18.8 Å². The number of anilines is 1. The van der Waals surface area contributed by atoms with Gasteiger partial charge in [-0.2, -0.15) is 4.98 Å². The van der Waals surface area contributed by atoms with Crippen LogP contribution in [-0.4, -0.2) is 29.1 Å². The monoisotopic (exact) mass is 246 g/mol. The van der Waals surface area contributed by atoms with Crippen LogP contribution < -0.4 is 10.6 Å². The lowest BCUT2D eigenvalue weighted by Crippen LogP contribution is -2.31. The maximum Gasteiger partial charge on any atom is 0.239 e. The lowest BCUT2D eigenvalue weighted by atomic mass is 10.3. The van der Waals surface area contributed by atoms with Crippen LogP contribution in [0.15, 0.2) is 41.2 Å². The highest BCUT2D eigenvalue weighted by molar-refractivity contribution is 5.80. The normalized spacial score (nSPS) is 10.0. The molecule has 2 N–H and O–H groups in total. The summed E-state index contributed by atoms with van der Waals surface area (Å²) in [5.74, 6) is 0.522. The van der Waals surface area contributed by atoms with Gasteiger partial charge in [-0.25, -0.2) is 0 Å². The molecule has 0 unspecified atom stereocenters. The molecule has 2 rings (SSSR count). The second-order valence-electron chi connectivity index (χ2n) is 3.67. The Morgan fingerprint density at radius 3 is 2.83 bits per heavy atom. The molecule has 1 amide bonds. The zero-order chi connectivity index (χ0) is 12.6. The number of hydrogen-bond donors (Lipinski definition) is 2. The summed E-state index contributed by atoms with van der Waals surface area (Å²) in [5, 5.41) is 9.45. The highest BCUT2D eigenvalue weighted by Gasteiger charge is 2.02. The number of amides is 1. The molecule has 0 bridgehead atoms. The van der Waals surface area contributed by atoms with Gasteiger partial charge in [0.1, 0.15) is 0 Å². The van der Waals surface area contributed by atoms with E-state index in [1.807, 2.05) is 30.3 Å². The van der Waals surface area contributed by atoms with Gasteiger partial charge in [0.05, 0.1) is 6.54 Å². The van der Waals surface area contributed by atoms with E-state index in [1.54, 1.807) is 0 Å². The van der Waals surface area contributed by atoms with E-state index >= 15 is 0 Å². The number of para-hydroxylation sites is 1. The lowest BCUT2D eigenvalue weighted by Gasteiger charge is -2.06. The summed E-state index contributed by atoms with van der Waals surface area (Å²) in [4.78, 5) is 15.4. The third kappa shape index (κ3) is 3.89. The molecule has 2 aromatic rings. The van der Waals surface area contributed by atoms with Gasteiger partial charge in [-0.15, -0.1) is 0 Å². The van der Waals surface area contributed by atoms with Gasteiger partial charge in [-0.1, -0.05) is 23.4 Å². The first-order valence-electron chi connectivity index (χ1n) is 5.65. The fraction of sp³-hybridized carbons (Fsp3) is 0.250. The number of nitrogens with one attached hydrogen (secondary N) is 2. The Morgan fingerprint density at radius 2 is 2.11 bits per heavy atom. The highest BCUT2D eigenvalue weighted by atomic mass is 16.5. The lowest BCUT2D eigenvalue weighted by molar-refractivity contribution is -0.119. The van der Waals surface area contributed by atoms with Crippen molar-refractivity contribution in [2.45, 2.75) is 6.42 Å². The minimum absolute atomic E-state index is 0.0673. The first-order valence-corrected chi connectivity index (χ1v) is 5.65. The predicted molar refractivity (Wildman–Crippen MR) is 65.9 cm³/mol. The van der Waals surface area contributed by atoms with Crippen molar-refractivity contribution in [1.82, 2.24) is 15.5 Å². The number of carbonyl (C=O) groups excluding carboxylic acids is 1. The number of nitrogens with zero attached hydrogens (tertiary/aromatic N) is 2. The molecular formula is C12H14N4O2. The third-order valence-electron chi connectivity index (χ3n) is 2.30. The molecular weight excluding hydrogens is 232 g/mol. The van der Waals surface area contributed by atoms with E-state index in [2.05, 4.69) is 25.3 Å². The largest absolute Gasteiger partial charge is 0.376 e. The summed E-state index contributed by atoms with van der Waals surface area (Å²) < 4.78 is 4.59. The van der Waals surface area contributed by atoms with E-state index in [4.69, 9.17) is 0 Å². The second-order valence-corrected chi connectivity index (χ2v) is 3.67. The fourth-order valence-corrected chi connectivity index (χ4v) is 1.42. The molecule has 6 heteroatoms. The van der Waals surface area contributed by atoms with Crippen LogP contribution in [0.3, 0.4) is 0 Å². The molecule has 0 fully saturated rings. The van der Waals surface area contributed by atoms with Crippen LogP contribution >= 0.6 is 0 Å². The van der Waals surface area contributed by atoms with Crippen molar-refractivity contribution in [3.63, 3.8) is 0 Å². The first-order chi connectivity index (χ1) is 8.84. The van der Waals surface area contributed by atoms with Crippen LogP contribution in [0.4, 0.5) is 5.69 Å². The molecule has 18 heavy (non-hydrogen) atoms. The van der Waals surface area contributed by atoms with Crippen molar-refractivity contribution in [3.8, 4) is 0 Å². The van der Waals surface area contributed by atoms with Crippen LogP contribution in [0.2, 0.25) is 0 Å². The van der Waals surface area contributed by atoms with Crippen LogP contribution in [0, 0.1) is 0 Å². The van der Waals surface area contributed by atoms with E-state index in [9.17, 15) is 4.79 Å². The average Bonchev–Trinajstić information content (AvgIpc) is 2.91. The molecule has 0 spiro atoms. The molecule has 1 aromatic carbocycles. The van der Waals surface area contributed by atoms with Crippen molar-refractivity contribution in [2.24, 2.45) is 0 Å². The van der Waals surface area contributed by atoms with Gasteiger partial charge in [0.25, 0.3) is 0 Å². The Morgan fingerprint density at radius 1 is 1.28 bits per heavy atom. The third-order valence-corrected chi connectivity index (χ3v) is 2.30. The standard InChI is InChI=1S/C12H14N4O2/c17-12(8-14-10-4-2-1-3-5-10)13-7-6-11-15-9-18-16-11/h1-5,9,14H,6-8H2,(H,13,17). The molecule has 1 aromatic heterocycles. The van der Waals surface area contributed by atoms with Crippen molar-refractivity contribution in [2.75, 3.05) is 18.4 Å². The Balaban J connectivity index is 1.63. The van der Waals surface area contributed by atoms with E-state index in [0.717, 1.165) is 5.69 Å². The SMILES string of the molecule is O=C(CNc1ccccc1)NCCc1ncon1. The van der Waals surface area contributed by atoms with E-state index in [-0.39, 0.29) is 12.5 Å². The molecule has 0 saturated heterocycles. The topological polar surface area (TPSA) is 80.0 Å². The number of rotatable bonds is 6. The first kappa shape index (κ1) is 12.1. The molecule has 1 heterocycles. The minimum Gasteiger partial charge on any atom is -0.376 e. The number of aromatic nitrogens is 2. The summed E-state index contributed by atoms with van der Waals surface area (Å²) in [5.41, 5.74) is 0.922. The van der Waals surface area contributed by atoms with Gasteiger partial charge >= 0.3 is 0 Å². The molecule has 0 saturated carbocycles. The van der Waals surface area contributed by atoms with Gasteiger partial charge in [-0.3, -0.25) is 4.79 Å². The maximum absolute atomic E-state index is 11.5. The molecule has 0 aliphatic heterocycles. The summed E-state index contributed by atoms with van der Waals surface area (Å²) in [6.45, 7) is 0.741. The average molecular weight is 246 g/mol. The van der Waals surface area contributed by atoms with Crippen LogP contribution in [0.25, 0.3) is 0 Å². The summed E-state index contributed by atoms with van der Waals surface area (Å²) >= 11 is 0. The van der Waals surface area contributed by atoms with Gasteiger partial charge in [0.15, 0.2) is 5.82 Å². The molecule has 0 radical (unpaired) electrons. The Bertz CT molecular complexity index is 470. The molecule has 0 atom stereocenters. The van der Waals surface area contributed by atoms with Crippen LogP contribution in [0.5, 0.6) is 0 Å². The van der Waals surface area contributed by atoms with Crippen molar-refractivity contribution in [1.29, 1.82) is 0 Å². The predicted octanol–water partition coefficient (Wildman–Crippen LogP) is 0.840. The number of benzene rings is 1. The Hall–Kier alpha value is -2.37. The van der Waals surface area contributed by atoms with Crippen molar-refractivity contribution >= 4 is 11.6 Å². The number of carbonyl (C=O) groups is 1. The summed E-state index contributed by atoms with van der Waals surface area (Å²) in [6, 6.07) is 9.57. The summed E-state index contributed by atoms with van der Waals surface area (Å²) in [6.07, 6.45) is 1.84. The van der Waals surface area contributed by atoms with Gasteiger partial charge in [-0.05, 0) is 12.1 Å². The second kappa shape index (κ2) is 6.39. The fourth-order valence-electron chi connectivity index (χ4n) is 1.42. The van der Waals surface area contributed by atoms with E-state index in [1.165, 1.54) is 6.39 Å². The Kier molecular flexibility index (Phi) is 4.29. The van der Waals surface area contributed by atoms with Gasteiger partial charge in [0.2, 0.25) is 12.3 Å². The molecule has 6 nitrogen and oxygen atoms in total. The smallest absolute Gasteiger partial charge is 0.239 e. The van der Waals surface area contributed by atoms with Crippen molar-refractivity contribution < 1.29 is 9.32 Å². The summed E-state index contributed by atoms with van der Waals surface area (Å²) in [7, 11) is 0. The van der Waals surface area contributed by atoms with Gasteiger partial charge in [0, 0.05) is 18.7 Å². The Labute approximate surface area is 104 Å². The zero-order valence-corrected chi connectivity index (χ0v) is 9.80. The molecule has 94 valence electrons. The van der Waals surface area contributed by atoms with E-state index < -0.39 is 0 Å². The zero-order valence-electron chi connectivity index (χ0n) is 9.80. The minimum atomic E-state index is -0.0673. The maximum atomic E-state index is 11.5. The molecule has 0 aliphatic rings. The quantitative estimate of drug-likeness (QED) is 0.789.